The number of rotatable bonds is 8. The normalized spacial score (nSPS) is 11.9. The standard InChI is InChI=1S/C22H26F2N8O3/c1-22(2,3)35-15-11-16(27-20-13(15)12-26-30(20)4)32(21(23)24)18-10-14(29-31(18)8-9-33)19-25-7-6-17(28-19)34-5/h6-7,10-12,21,33H,8-9H2,1-5H3. The predicted octanol–water partition coefficient (Wildman–Crippen LogP) is 3.16. The Morgan fingerprint density at radius 3 is 2.63 bits per heavy atom. The first kappa shape index (κ1) is 24.3. The van der Waals surface area contributed by atoms with Gasteiger partial charge in [0.15, 0.2) is 11.5 Å². The van der Waals surface area contributed by atoms with Crippen LogP contribution in [0.2, 0.25) is 0 Å². The van der Waals surface area contributed by atoms with E-state index in [1.807, 2.05) is 20.8 Å². The Morgan fingerprint density at radius 2 is 1.97 bits per heavy atom. The lowest BCUT2D eigenvalue weighted by atomic mass is 10.2. The molecule has 4 rings (SSSR count). The van der Waals surface area contributed by atoms with Gasteiger partial charge in [-0.15, -0.1) is 0 Å². The van der Waals surface area contributed by atoms with Crippen LogP contribution in [0.15, 0.2) is 30.6 Å². The number of hydrogen-bond donors (Lipinski definition) is 1. The summed E-state index contributed by atoms with van der Waals surface area (Å²) in [5.41, 5.74) is 0.00909. The van der Waals surface area contributed by atoms with Crippen LogP contribution in [-0.4, -0.2) is 65.5 Å². The minimum Gasteiger partial charge on any atom is -0.487 e. The molecular formula is C22H26F2N8O3. The van der Waals surface area contributed by atoms with Gasteiger partial charge in [0.1, 0.15) is 28.7 Å². The van der Waals surface area contributed by atoms with Crippen LogP contribution >= 0.6 is 0 Å². The highest BCUT2D eigenvalue weighted by molar-refractivity contribution is 5.85. The summed E-state index contributed by atoms with van der Waals surface area (Å²) in [6.07, 6.45) is 3.05. The molecule has 4 aromatic heterocycles. The van der Waals surface area contributed by atoms with E-state index >= 15 is 0 Å². The number of methoxy groups -OCH3 is 1. The van der Waals surface area contributed by atoms with E-state index in [0.717, 1.165) is 0 Å². The molecule has 186 valence electrons. The third-order valence-electron chi connectivity index (χ3n) is 4.90. The first-order chi connectivity index (χ1) is 16.6. The summed E-state index contributed by atoms with van der Waals surface area (Å²) >= 11 is 0. The lowest BCUT2D eigenvalue weighted by Crippen LogP contribution is -2.28. The molecule has 13 heteroatoms. The summed E-state index contributed by atoms with van der Waals surface area (Å²) in [5.74, 6) is 0.758. The molecule has 0 aliphatic heterocycles. The molecule has 0 amide bonds. The number of halogens is 2. The van der Waals surface area contributed by atoms with Gasteiger partial charge in [0.05, 0.1) is 31.8 Å². The number of anilines is 2. The van der Waals surface area contributed by atoms with E-state index in [1.54, 1.807) is 19.3 Å². The van der Waals surface area contributed by atoms with Gasteiger partial charge in [0, 0.05) is 31.4 Å². The molecule has 0 aliphatic carbocycles. The van der Waals surface area contributed by atoms with Crippen molar-refractivity contribution in [2.75, 3.05) is 18.6 Å². The van der Waals surface area contributed by atoms with Crippen LogP contribution in [0.5, 0.6) is 11.6 Å². The number of aliphatic hydroxyl groups excluding tert-OH is 1. The third kappa shape index (κ3) is 4.99. The Bertz CT molecular complexity index is 1330. The van der Waals surface area contributed by atoms with Crippen LogP contribution in [0.25, 0.3) is 22.6 Å². The zero-order valence-electron chi connectivity index (χ0n) is 20.0. The molecule has 0 fully saturated rings. The summed E-state index contributed by atoms with van der Waals surface area (Å²) in [4.78, 5) is 13.6. The topological polar surface area (TPSA) is 116 Å². The molecule has 0 aromatic carbocycles. The maximum atomic E-state index is 14.6. The predicted molar refractivity (Wildman–Crippen MR) is 124 cm³/mol. The van der Waals surface area contributed by atoms with Gasteiger partial charge in [-0.2, -0.15) is 24.0 Å². The van der Waals surface area contributed by atoms with Crippen molar-refractivity contribution in [2.45, 2.75) is 39.5 Å². The quantitative estimate of drug-likeness (QED) is 0.373. The number of aromatic nitrogens is 7. The van der Waals surface area contributed by atoms with Gasteiger partial charge in [0.2, 0.25) is 5.88 Å². The SMILES string of the molecule is COc1ccnc(-c2cc(N(c3cc(OC(C)(C)C)c4cnn(C)c4n3)C(F)F)n(CCO)n2)n1. The van der Waals surface area contributed by atoms with E-state index in [-0.39, 0.29) is 36.3 Å². The number of alkyl halides is 2. The van der Waals surface area contributed by atoms with Crippen LogP contribution in [0.1, 0.15) is 20.8 Å². The molecule has 0 atom stereocenters. The van der Waals surface area contributed by atoms with E-state index in [0.29, 0.717) is 27.6 Å². The highest BCUT2D eigenvalue weighted by Crippen LogP contribution is 2.36. The summed E-state index contributed by atoms with van der Waals surface area (Å²) in [6.45, 7) is 2.22. The second-order valence-electron chi connectivity index (χ2n) is 8.60. The molecule has 0 spiro atoms. The monoisotopic (exact) mass is 488 g/mol. The van der Waals surface area contributed by atoms with Crippen LogP contribution in [0, 0.1) is 0 Å². The number of aliphatic hydroxyl groups is 1. The van der Waals surface area contributed by atoms with Gasteiger partial charge in [-0.3, -0.25) is 9.58 Å². The second kappa shape index (κ2) is 9.41. The summed E-state index contributed by atoms with van der Waals surface area (Å²) in [6, 6.07) is 4.42. The molecule has 11 nitrogen and oxygen atoms in total. The van der Waals surface area contributed by atoms with Gasteiger partial charge in [-0.25, -0.2) is 14.6 Å². The number of pyridine rings is 1. The van der Waals surface area contributed by atoms with Crippen LogP contribution in [0.4, 0.5) is 20.4 Å². The first-order valence-corrected chi connectivity index (χ1v) is 10.8. The number of fused-ring (bicyclic) bond motifs is 1. The summed E-state index contributed by atoms with van der Waals surface area (Å²) in [7, 11) is 3.12. The number of aryl methyl sites for hydroxylation is 1. The second-order valence-corrected chi connectivity index (χ2v) is 8.60. The smallest absolute Gasteiger partial charge is 0.321 e. The highest BCUT2D eigenvalue weighted by atomic mass is 19.3. The van der Waals surface area contributed by atoms with E-state index in [2.05, 4.69) is 25.1 Å². The Hall–Kier alpha value is -3.87. The van der Waals surface area contributed by atoms with E-state index in [4.69, 9.17) is 9.47 Å². The largest absolute Gasteiger partial charge is 0.487 e. The number of ether oxygens (including phenoxy) is 2. The Kier molecular flexibility index (Phi) is 6.52. The van der Waals surface area contributed by atoms with Crippen LogP contribution in [-0.2, 0) is 13.6 Å². The lowest BCUT2D eigenvalue weighted by Gasteiger charge is -2.26. The van der Waals surface area contributed by atoms with Crippen molar-refractivity contribution in [2.24, 2.45) is 7.05 Å². The fourth-order valence-corrected chi connectivity index (χ4v) is 3.48. The fourth-order valence-electron chi connectivity index (χ4n) is 3.48. The Morgan fingerprint density at radius 1 is 1.20 bits per heavy atom. The molecule has 0 unspecified atom stereocenters. The fraction of sp³-hybridized carbons (Fsp3) is 0.409. The van der Waals surface area contributed by atoms with Crippen molar-refractivity contribution in [3.8, 4) is 23.1 Å². The van der Waals surface area contributed by atoms with Crippen molar-refractivity contribution in [3.63, 3.8) is 0 Å². The molecule has 0 saturated carbocycles. The zero-order chi connectivity index (χ0) is 25.3. The summed E-state index contributed by atoms with van der Waals surface area (Å²) in [5, 5.41) is 18.7. The molecular weight excluding hydrogens is 462 g/mol. The minimum atomic E-state index is -3.00. The van der Waals surface area contributed by atoms with Gasteiger partial charge in [-0.1, -0.05) is 0 Å². The van der Waals surface area contributed by atoms with Crippen molar-refractivity contribution >= 4 is 22.7 Å². The average Bonchev–Trinajstić information content (AvgIpc) is 3.37. The average molecular weight is 488 g/mol. The Labute approximate surface area is 199 Å². The zero-order valence-corrected chi connectivity index (χ0v) is 20.0. The van der Waals surface area contributed by atoms with E-state index in [1.165, 1.54) is 34.8 Å². The third-order valence-corrected chi connectivity index (χ3v) is 4.90. The van der Waals surface area contributed by atoms with Crippen LogP contribution < -0.4 is 14.4 Å². The van der Waals surface area contributed by atoms with Crippen molar-refractivity contribution in [1.29, 1.82) is 0 Å². The van der Waals surface area contributed by atoms with Crippen molar-refractivity contribution in [3.05, 3.63) is 30.6 Å². The van der Waals surface area contributed by atoms with Crippen LogP contribution in [0.3, 0.4) is 0 Å². The van der Waals surface area contributed by atoms with Crippen molar-refractivity contribution < 1.29 is 23.4 Å². The molecule has 0 bridgehead atoms. The number of hydrogen-bond acceptors (Lipinski definition) is 9. The van der Waals surface area contributed by atoms with Crippen molar-refractivity contribution in [1.82, 2.24) is 34.5 Å². The molecule has 1 N–H and O–H groups in total. The first-order valence-electron chi connectivity index (χ1n) is 10.8. The summed E-state index contributed by atoms with van der Waals surface area (Å²) < 4.78 is 43.1. The molecule has 35 heavy (non-hydrogen) atoms. The van der Waals surface area contributed by atoms with Gasteiger partial charge in [0.25, 0.3) is 0 Å². The van der Waals surface area contributed by atoms with Gasteiger partial charge >= 0.3 is 6.55 Å². The molecule has 0 radical (unpaired) electrons. The maximum Gasteiger partial charge on any atom is 0.321 e. The van der Waals surface area contributed by atoms with E-state index < -0.39 is 12.2 Å². The molecule has 4 heterocycles. The van der Waals surface area contributed by atoms with E-state index in [9.17, 15) is 13.9 Å². The highest BCUT2D eigenvalue weighted by Gasteiger charge is 2.29. The molecule has 0 saturated heterocycles. The minimum absolute atomic E-state index is 0.00815. The lowest BCUT2D eigenvalue weighted by molar-refractivity contribution is 0.132. The maximum absolute atomic E-state index is 14.6. The molecule has 4 aromatic rings. The van der Waals surface area contributed by atoms with Gasteiger partial charge in [-0.05, 0) is 20.8 Å². The van der Waals surface area contributed by atoms with Gasteiger partial charge < -0.3 is 14.6 Å². The number of nitrogens with zero attached hydrogens (tertiary/aromatic N) is 8. The Balaban J connectivity index is 1.88. The molecule has 0 aliphatic rings.